The average Bonchev–Trinajstić information content (AvgIpc) is 3.09. The van der Waals surface area contributed by atoms with E-state index in [4.69, 9.17) is 10.5 Å². The molecule has 0 fully saturated rings. The molecule has 0 bridgehead atoms. The largest absolute Gasteiger partial charge is 0.487 e. The summed E-state index contributed by atoms with van der Waals surface area (Å²) in [6, 6.07) is 4.41. The second-order valence-electron chi connectivity index (χ2n) is 6.60. The Balaban J connectivity index is 2.10. The summed E-state index contributed by atoms with van der Waals surface area (Å²) >= 11 is 0. The molecule has 6 nitrogen and oxygen atoms in total. The molecule has 2 aromatic rings. The van der Waals surface area contributed by atoms with Crippen LogP contribution in [0.3, 0.4) is 0 Å². The average molecular weight is 385 g/mol. The Kier molecular flexibility index (Phi) is 7.92. The van der Waals surface area contributed by atoms with Gasteiger partial charge >= 0.3 is 0 Å². The van der Waals surface area contributed by atoms with Gasteiger partial charge in [0.15, 0.2) is 11.6 Å². The van der Waals surface area contributed by atoms with Gasteiger partial charge in [-0.1, -0.05) is 13.8 Å². The summed E-state index contributed by atoms with van der Waals surface area (Å²) in [5.74, 6) is -0.337. The number of rotatable bonds is 9. The van der Waals surface area contributed by atoms with Crippen LogP contribution in [-0.4, -0.2) is 34.9 Å². The van der Waals surface area contributed by atoms with Crippen molar-refractivity contribution in [1.82, 2.24) is 9.78 Å². The molecule has 0 saturated carbocycles. The topological polar surface area (TPSA) is 77.8 Å². The molecule has 1 heterocycles. The minimum absolute atomic E-state index is 0.0452. The number of aromatic nitrogens is 2. The minimum atomic E-state index is -0.472. The molecule has 2 N–H and O–H groups in total. The lowest BCUT2D eigenvalue weighted by Gasteiger charge is -2.19. The summed E-state index contributed by atoms with van der Waals surface area (Å²) in [4.78, 5) is 8.94. The number of ether oxygens (including phenoxy) is 1. The molecule has 2 atom stereocenters. The molecular formula is C21H28FN5O. The van der Waals surface area contributed by atoms with Gasteiger partial charge in [-0.3, -0.25) is 14.7 Å². The SMILES string of the molecule is CCC=NC/C=C(\N=CC(C)C(C)Oc1ccc(N)cc1F)c1cnn(C)c1. The number of nitrogens with two attached hydrogens (primary N) is 1. The van der Waals surface area contributed by atoms with Gasteiger partial charge in [-0.05, 0) is 37.8 Å². The number of anilines is 1. The van der Waals surface area contributed by atoms with Crippen LogP contribution in [0.25, 0.3) is 5.70 Å². The van der Waals surface area contributed by atoms with E-state index >= 15 is 0 Å². The molecule has 0 amide bonds. The Morgan fingerprint density at radius 2 is 2.18 bits per heavy atom. The van der Waals surface area contributed by atoms with E-state index in [1.54, 1.807) is 16.9 Å². The highest BCUT2D eigenvalue weighted by Gasteiger charge is 2.15. The van der Waals surface area contributed by atoms with Crippen molar-refractivity contribution < 1.29 is 9.13 Å². The fourth-order valence-electron chi connectivity index (χ4n) is 2.38. The van der Waals surface area contributed by atoms with Gasteiger partial charge in [0, 0.05) is 42.7 Å². The maximum absolute atomic E-state index is 13.9. The first-order valence-corrected chi connectivity index (χ1v) is 9.34. The van der Waals surface area contributed by atoms with Crippen molar-refractivity contribution in [3.8, 4) is 5.75 Å². The number of nitrogens with zero attached hydrogens (tertiary/aromatic N) is 4. The lowest BCUT2D eigenvalue weighted by atomic mass is 10.1. The lowest BCUT2D eigenvalue weighted by molar-refractivity contribution is 0.185. The van der Waals surface area contributed by atoms with Crippen LogP contribution in [-0.2, 0) is 7.05 Å². The minimum Gasteiger partial charge on any atom is -0.487 e. The lowest BCUT2D eigenvalue weighted by Crippen LogP contribution is -2.22. The quantitative estimate of drug-likeness (QED) is 0.520. The van der Waals surface area contributed by atoms with Crippen molar-refractivity contribution in [2.24, 2.45) is 23.0 Å². The molecular weight excluding hydrogens is 357 g/mol. The second-order valence-corrected chi connectivity index (χ2v) is 6.60. The van der Waals surface area contributed by atoms with Gasteiger partial charge < -0.3 is 10.5 Å². The van der Waals surface area contributed by atoms with E-state index in [1.165, 1.54) is 12.1 Å². The molecule has 0 aliphatic heterocycles. The summed E-state index contributed by atoms with van der Waals surface area (Å²) in [6.07, 6.45) is 9.94. The standard InChI is InChI=1S/C21H28FN5O/c1-5-9-24-10-8-20(17-13-26-27(4)14-17)25-12-15(2)16(3)28-21-7-6-18(23)11-19(21)22/h6-9,11-16H,5,10,23H2,1-4H3/b20-8-,24-9?,25-12?. The predicted molar refractivity (Wildman–Crippen MR) is 113 cm³/mol. The smallest absolute Gasteiger partial charge is 0.167 e. The van der Waals surface area contributed by atoms with Crippen molar-refractivity contribution in [2.75, 3.05) is 12.3 Å². The van der Waals surface area contributed by atoms with Crippen LogP contribution >= 0.6 is 0 Å². The van der Waals surface area contributed by atoms with Crippen LogP contribution in [0, 0.1) is 11.7 Å². The van der Waals surface area contributed by atoms with E-state index in [-0.39, 0.29) is 17.8 Å². The van der Waals surface area contributed by atoms with Crippen molar-refractivity contribution in [1.29, 1.82) is 0 Å². The van der Waals surface area contributed by atoms with E-state index in [9.17, 15) is 4.39 Å². The molecule has 0 aliphatic carbocycles. The Morgan fingerprint density at radius 3 is 2.82 bits per heavy atom. The summed E-state index contributed by atoms with van der Waals surface area (Å²) < 4.78 is 21.4. The number of hydrogen-bond donors (Lipinski definition) is 1. The number of aryl methyl sites for hydroxylation is 1. The molecule has 0 saturated heterocycles. The Morgan fingerprint density at radius 1 is 1.39 bits per heavy atom. The maximum atomic E-state index is 13.9. The number of benzene rings is 1. The van der Waals surface area contributed by atoms with Crippen molar-refractivity contribution in [3.63, 3.8) is 0 Å². The molecule has 2 unspecified atom stereocenters. The van der Waals surface area contributed by atoms with Crippen molar-refractivity contribution in [2.45, 2.75) is 33.3 Å². The highest BCUT2D eigenvalue weighted by molar-refractivity contribution is 5.75. The molecule has 0 spiro atoms. The van der Waals surface area contributed by atoms with Gasteiger partial charge in [0.25, 0.3) is 0 Å². The molecule has 28 heavy (non-hydrogen) atoms. The first-order chi connectivity index (χ1) is 13.4. The molecule has 0 radical (unpaired) electrons. The van der Waals surface area contributed by atoms with Gasteiger partial charge in [-0.15, -0.1) is 0 Å². The van der Waals surface area contributed by atoms with Gasteiger partial charge in [0.2, 0.25) is 0 Å². The third kappa shape index (κ3) is 6.33. The van der Waals surface area contributed by atoms with E-state index in [2.05, 4.69) is 15.1 Å². The van der Waals surface area contributed by atoms with Crippen molar-refractivity contribution >= 4 is 23.8 Å². The zero-order chi connectivity index (χ0) is 20.5. The maximum Gasteiger partial charge on any atom is 0.167 e. The highest BCUT2D eigenvalue weighted by Crippen LogP contribution is 2.22. The third-order valence-corrected chi connectivity index (χ3v) is 4.16. The first kappa shape index (κ1) is 21.3. The fourth-order valence-corrected chi connectivity index (χ4v) is 2.38. The Labute approximate surface area is 165 Å². The monoisotopic (exact) mass is 385 g/mol. The van der Waals surface area contributed by atoms with Crippen LogP contribution < -0.4 is 10.5 Å². The highest BCUT2D eigenvalue weighted by atomic mass is 19.1. The van der Waals surface area contributed by atoms with Crippen LogP contribution in [0.1, 0.15) is 32.8 Å². The number of halogens is 1. The van der Waals surface area contributed by atoms with Crippen molar-refractivity contribution in [3.05, 3.63) is 48.0 Å². The van der Waals surface area contributed by atoms with Crippen LogP contribution in [0.15, 0.2) is 46.7 Å². The molecule has 150 valence electrons. The molecule has 1 aromatic carbocycles. The third-order valence-electron chi connectivity index (χ3n) is 4.16. The van der Waals surface area contributed by atoms with Gasteiger partial charge in [0.05, 0.1) is 18.4 Å². The Bertz CT molecular complexity index is 856. The molecule has 0 aliphatic rings. The number of aliphatic imine (C=N–C) groups is 2. The van der Waals surface area contributed by atoms with Gasteiger partial charge in [0.1, 0.15) is 6.10 Å². The molecule has 2 rings (SSSR count). The van der Waals surface area contributed by atoms with E-state index in [0.29, 0.717) is 12.2 Å². The normalized spacial score (nSPS) is 14.7. The summed E-state index contributed by atoms with van der Waals surface area (Å²) in [7, 11) is 1.86. The number of hydrogen-bond acceptors (Lipinski definition) is 5. The van der Waals surface area contributed by atoms with E-state index < -0.39 is 5.82 Å². The van der Waals surface area contributed by atoms with Gasteiger partial charge in [-0.25, -0.2) is 4.39 Å². The molecule has 7 heteroatoms. The predicted octanol–water partition coefficient (Wildman–Crippen LogP) is 4.14. The van der Waals surface area contributed by atoms with Gasteiger partial charge in [-0.2, -0.15) is 5.10 Å². The zero-order valence-corrected chi connectivity index (χ0v) is 16.8. The summed E-state index contributed by atoms with van der Waals surface area (Å²) in [6.45, 7) is 6.44. The van der Waals surface area contributed by atoms with E-state index in [0.717, 1.165) is 17.7 Å². The van der Waals surface area contributed by atoms with Crippen LogP contribution in [0.4, 0.5) is 10.1 Å². The summed E-state index contributed by atoms with van der Waals surface area (Å²) in [5.41, 5.74) is 7.64. The zero-order valence-electron chi connectivity index (χ0n) is 16.8. The summed E-state index contributed by atoms with van der Waals surface area (Å²) in [5, 5.41) is 4.20. The van der Waals surface area contributed by atoms with Crippen LogP contribution in [0.2, 0.25) is 0 Å². The van der Waals surface area contributed by atoms with E-state index in [1.807, 2.05) is 52.5 Å². The van der Waals surface area contributed by atoms with Crippen LogP contribution in [0.5, 0.6) is 5.75 Å². The fraction of sp³-hybridized carbons (Fsp3) is 0.381. The second kappa shape index (κ2) is 10.4. The molecule has 1 aromatic heterocycles. The Hall–Kier alpha value is -2.96. The first-order valence-electron chi connectivity index (χ1n) is 9.34. The number of nitrogen functional groups attached to an aromatic ring is 1.